The fourth-order valence-electron chi connectivity index (χ4n) is 3.15. The summed E-state index contributed by atoms with van der Waals surface area (Å²) in [6.07, 6.45) is 1.90. The first-order valence-electron chi connectivity index (χ1n) is 7.06. The molecule has 5 heteroatoms. The molecule has 5 nitrogen and oxygen atoms in total. The first-order valence-corrected chi connectivity index (χ1v) is 7.06. The summed E-state index contributed by atoms with van der Waals surface area (Å²) in [5.41, 5.74) is 2.34. The standard InChI is InChI=1S/C15H20N2O3/c1-20-14-4-2-3-10-11(14)5-6-12(10)17-15(19)13-7-9(18)8-16-13/h2-4,9,12-13,16,18H,5-8H2,1H3,(H,17,19). The van der Waals surface area contributed by atoms with Gasteiger partial charge in [-0.25, -0.2) is 0 Å². The lowest BCUT2D eigenvalue weighted by Crippen LogP contribution is -2.41. The molecule has 1 amide bonds. The van der Waals surface area contributed by atoms with Gasteiger partial charge in [-0.15, -0.1) is 0 Å². The van der Waals surface area contributed by atoms with Crippen molar-refractivity contribution in [1.82, 2.24) is 10.6 Å². The minimum atomic E-state index is -0.415. The van der Waals surface area contributed by atoms with E-state index >= 15 is 0 Å². The van der Waals surface area contributed by atoms with E-state index in [1.54, 1.807) is 7.11 Å². The van der Waals surface area contributed by atoms with Crippen LogP contribution in [0.15, 0.2) is 18.2 Å². The number of benzene rings is 1. The average molecular weight is 276 g/mol. The lowest BCUT2D eigenvalue weighted by atomic mass is 10.1. The smallest absolute Gasteiger partial charge is 0.237 e. The van der Waals surface area contributed by atoms with Crippen LogP contribution in [0.1, 0.15) is 30.0 Å². The van der Waals surface area contributed by atoms with Gasteiger partial charge in [-0.05, 0) is 36.5 Å². The van der Waals surface area contributed by atoms with Crippen molar-refractivity contribution in [3.63, 3.8) is 0 Å². The van der Waals surface area contributed by atoms with Crippen molar-refractivity contribution in [1.29, 1.82) is 0 Å². The number of β-amino-alcohol motifs (C(OH)–C–C–N with tert-alkyl or cyclic N) is 1. The monoisotopic (exact) mass is 276 g/mol. The summed E-state index contributed by atoms with van der Waals surface area (Å²) in [4.78, 5) is 12.2. The summed E-state index contributed by atoms with van der Waals surface area (Å²) in [6, 6.07) is 5.73. The van der Waals surface area contributed by atoms with Gasteiger partial charge in [0, 0.05) is 6.54 Å². The minimum absolute atomic E-state index is 0.0257. The van der Waals surface area contributed by atoms with E-state index < -0.39 is 6.10 Å². The van der Waals surface area contributed by atoms with E-state index in [1.807, 2.05) is 18.2 Å². The number of fused-ring (bicyclic) bond motifs is 1. The Labute approximate surface area is 118 Å². The van der Waals surface area contributed by atoms with Gasteiger partial charge in [-0.2, -0.15) is 0 Å². The highest BCUT2D eigenvalue weighted by atomic mass is 16.5. The maximum Gasteiger partial charge on any atom is 0.237 e. The van der Waals surface area contributed by atoms with Crippen molar-refractivity contribution in [2.24, 2.45) is 0 Å². The van der Waals surface area contributed by atoms with Crippen LogP contribution in [-0.2, 0) is 11.2 Å². The van der Waals surface area contributed by atoms with Crippen LogP contribution >= 0.6 is 0 Å². The van der Waals surface area contributed by atoms with Crippen LogP contribution in [0.5, 0.6) is 5.75 Å². The Hall–Kier alpha value is -1.59. The molecule has 1 aromatic carbocycles. The van der Waals surface area contributed by atoms with Gasteiger partial charge in [0.15, 0.2) is 0 Å². The minimum Gasteiger partial charge on any atom is -0.496 e. The number of ether oxygens (including phenoxy) is 1. The molecule has 1 heterocycles. The molecule has 1 saturated heterocycles. The van der Waals surface area contributed by atoms with E-state index in [-0.39, 0.29) is 18.0 Å². The van der Waals surface area contributed by atoms with Crippen LogP contribution in [0, 0.1) is 0 Å². The summed E-state index contributed by atoms with van der Waals surface area (Å²) < 4.78 is 5.37. The highest BCUT2D eigenvalue weighted by Crippen LogP contribution is 2.36. The number of amides is 1. The number of carbonyl (C=O) groups excluding carboxylic acids is 1. The lowest BCUT2D eigenvalue weighted by molar-refractivity contribution is -0.123. The third-order valence-corrected chi connectivity index (χ3v) is 4.19. The maximum atomic E-state index is 12.2. The van der Waals surface area contributed by atoms with Gasteiger partial charge in [-0.3, -0.25) is 4.79 Å². The molecule has 1 aliphatic heterocycles. The van der Waals surface area contributed by atoms with Crippen molar-refractivity contribution in [2.75, 3.05) is 13.7 Å². The third-order valence-electron chi connectivity index (χ3n) is 4.19. The van der Waals surface area contributed by atoms with Gasteiger partial charge in [0.2, 0.25) is 5.91 Å². The predicted octanol–water partition coefficient (Wildman–Crippen LogP) is 0.522. The number of methoxy groups -OCH3 is 1. The molecule has 1 aliphatic carbocycles. The van der Waals surface area contributed by atoms with E-state index in [4.69, 9.17) is 4.74 Å². The van der Waals surface area contributed by atoms with Crippen LogP contribution < -0.4 is 15.4 Å². The average Bonchev–Trinajstić information content (AvgIpc) is 3.05. The fourth-order valence-corrected chi connectivity index (χ4v) is 3.15. The zero-order valence-corrected chi connectivity index (χ0v) is 11.6. The topological polar surface area (TPSA) is 70.6 Å². The highest BCUT2D eigenvalue weighted by Gasteiger charge is 2.32. The number of aliphatic hydroxyl groups is 1. The van der Waals surface area contributed by atoms with Crippen molar-refractivity contribution >= 4 is 5.91 Å². The molecule has 1 aromatic rings. The molecule has 3 atom stereocenters. The summed E-state index contributed by atoms with van der Waals surface area (Å²) >= 11 is 0. The molecule has 0 aromatic heterocycles. The number of nitrogens with one attached hydrogen (secondary N) is 2. The summed E-state index contributed by atoms with van der Waals surface area (Å²) in [6.45, 7) is 0.493. The molecule has 0 spiro atoms. The molecule has 1 fully saturated rings. The van der Waals surface area contributed by atoms with Crippen LogP contribution in [0.25, 0.3) is 0 Å². The van der Waals surface area contributed by atoms with Crippen molar-refractivity contribution in [2.45, 2.75) is 37.5 Å². The fraction of sp³-hybridized carbons (Fsp3) is 0.533. The molecule has 3 N–H and O–H groups in total. The Balaban J connectivity index is 1.71. The molecular formula is C15H20N2O3. The summed E-state index contributed by atoms with van der Waals surface area (Å²) in [7, 11) is 1.67. The van der Waals surface area contributed by atoms with Crippen LogP contribution in [0.4, 0.5) is 0 Å². The van der Waals surface area contributed by atoms with Crippen LogP contribution in [0.3, 0.4) is 0 Å². The van der Waals surface area contributed by atoms with Crippen LogP contribution in [-0.4, -0.2) is 36.8 Å². The predicted molar refractivity (Wildman–Crippen MR) is 74.6 cm³/mol. The number of rotatable bonds is 3. The van der Waals surface area contributed by atoms with Gasteiger partial charge in [0.25, 0.3) is 0 Å². The second-order valence-electron chi connectivity index (χ2n) is 5.48. The lowest BCUT2D eigenvalue weighted by Gasteiger charge is -2.17. The quantitative estimate of drug-likeness (QED) is 0.753. The second-order valence-corrected chi connectivity index (χ2v) is 5.48. The van der Waals surface area contributed by atoms with Crippen molar-refractivity contribution in [3.05, 3.63) is 29.3 Å². The third kappa shape index (κ3) is 2.39. The van der Waals surface area contributed by atoms with Crippen molar-refractivity contribution < 1.29 is 14.6 Å². The molecule has 3 unspecified atom stereocenters. The molecule has 0 radical (unpaired) electrons. The Bertz CT molecular complexity index is 518. The molecule has 108 valence electrons. The summed E-state index contributed by atoms with van der Waals surface area (Å²) in [5.74, 6) is 0.871. The van der Waals surface area contributed by atoms with E-state index in [0.717, 1.165) is 24.2 Å². The normalized spacial score (nSPS) is 28.2. The first kappa shape index (κ1) is 13.4. The highest BCUT2D eigenvalue weighted by molar-refractivity contribution is 5.82. The number of carbonyl (C=O) groups is 1. The molecule has 2 aliphatic rings. The second kappa shape index (κ2) is 5.42. The maximum absolute atomic E-state index is 12.2. The SMILES string of the molecule is COc1cccc2c1CCC2NC(=O)C1CC(O)CN1. The number of aliphatic hydroxyl groups excluding tert-OH is 1. The van der Waals surface area contributed by atoms with E-state index in [1.165, 1.54) is 5.56 Å². The Kier molecular flexibility index (Phi) is 3.63. The summed E-state index contributed by atoms with van der Waals surface area (Å²) in [5, 5.41) is 15.6. The van der Waals surface area contributed by atoms with Gasteiger partial charge >= 0.3 is 0 Å². The van der Waals surface area contributed by atoms with Gasteiger partial charge in [-0.1, -0.05) is 12.1 Å². The zero-order chi connectivity index (χ0) is 14.1. The Morgan fingerprint density at radius 3 is 3.05 bits per heavy atom. The number of hydrogen-bond acceptors (Lipinski definition) is 4. The molecule has 3 rings (SSSR count). The zero-order valence-electron chi connectivity index (χ0n) is 11.6. The molecule has 0 bridgehead atoms. The molecular weight excluding hydrogens is 256 g/mol. The van der Waals surface area contributed by atoms with E-state index in [2.05, 4.69) is 10.6 Å². The largest absolute Gasteiger partial charge is 0.496 e. The van der Waals surface area contributed by atoms with Gasteiger partial charge < -0.3 is 20.5 Å². The Morgan fingerprint density at radius 1 is 1.50 bits per heavy atom. The molecule has 20 heavy (non-hydrogen) atoms. The van der Waals surface area contributed by atoms with Crippen molar-refractivity contribution in [3.8, 4) is 5.75 Å². The van der Waals surface area contributed by atoms with Crippen LogP contribution in [0.2, 0.25) is 0 Å². The van der Waals surface area contributed by atoms with E-state index in [9.17, 15) is 9.90 Å². The number of hydrogen-bond donors (Lipinski definition) is 3. The first-order chi connectivity index (χ1) is 9.69. The Morgan fingerprint density at radius 2 is 2.35 bits per heavy atom. The van der Waals surface area contributed by atoms with Gasteiger partial charge in [0.05, 0.1) is 25.3 Å². The van der Waals surface area contributed by atoms with E-state index in [0.29, 0.717) is 13.0 Å². The molecule has 0 saturated carbocycles. The van der Waals surface area contributed by atoms with Gasteiger partial charge in [0.1, 0.15) is 5.75 Å².